The Labute approximate surface area is 98.5 Å². The maximum atomic E-state index is 11.7. The van der Waals surface area contributed by atoms with Crippen molar-refractivity contribution >= 4 is 6.08 Å². The minimum Gasteiger partial charge on any atom is -0.485 e. The molecular weight excluding hydrogens is 220 g/mol. The van der Waals surface area contributed by atoms with E-state index in [1.165, 1.54) is 5.57 Å². The van der Waals surface area contributed by atoms with Crippen LogP contribution in [-0.4, -0.2) is 11.2 Å². The van der Waals surface area contributed by atoms with Gasteiger partial charge in [-0.25, -0.2) is 4.79 Å². The smallest absolute Gasteiger partial charge is 0.347 e. The summed E-state index contributed by atoms with van der Waals surface area (Å²) in [5.41, 5.74) is 1.24. The molecule has 4 nitrogen and oxygen atoms in total. The molecule has 0 amide bonds. The van der Waals surface area contributed by atoms with E-state index >= 15 is 0 Å². The monoisotopic (exact) mass is 234 g/mol. The Morgan fingerprint density at radius 2 is 2.29 bits per heavy atom. The van der Waals surface area contributed by atoms with Crippen LogP contribution in [-0.2, 0) is 6.61 Å². The molecule has 3 rings (SSSR count). The van der Waals surface area contributed by atoms with Gasteiger partial charge in [-0.3, -0.25) is 0 Å². The Hall–Kier alpha value is -1.55. The fourth-order valence-corrected chi connectivity index (χ4v) is 2.48. The number of aliphatic hydroxyl groups excluding tert-OH is 1. The highest BCUT2D eigenvalue weighted by Gasteiger charge is 2.27. The second-order valence-corrected chi connectivity index (χ2v) is 4.51. The second-order valence-electron chi connectivity index (χ2n) is 4.51. The van der Waals surface area contributed by atoms with E-state index in [4.69, 9.17) is 14.3 Å². The van der Waals surface area contributed by atoms with Gasteiger partial charge in [-0.1, -0.05) is 0 Å². The summed E-state index contributed by atoms with van der Waals surface area (Å²) in [5.74, 6) is 0.794. The largest absolute Gasteiger partial charge is 0.485 e. The van der Waals surface area contributed by atoms with Gasteiger partial charge in [-0.15, -0.1) is 0 Å². The minimum atomic E-state index is -0.428. The van der Waals surface area contributed by atoms with Gasteiger partial charge in [0.15, 0.2) is 0 Å². The summed E-state index contributed by atoms with van der Waals surface area (Å²) in [6, 6.07) is 1.61. The van der Waals surface area contributed by atoms with E-state index in [1.807, 2.05) is 6.08 Å². The number of hydrogen-bond donors (Lipinski definition) is 1. The molecule has 1 aromatic heterocycles. The van der Waals surface area contributed by atoms with E-state index in [0.29, 0.717) is 11.3 Å². The lowest BCUT2D eigenvalue weighted by Gasteiger charge is -2.30. The van der Waals surface area contributed by atoms with Crippen LogP contribution in [0.3, 0.4) is 0 Å². The maximum absolute atomic E-state index is 11.7. The Bertz CT molecular complexity index is 527. The molecule has 0 saturated heterocycles. The maximum Gasteiger partial charge on any atom is 0.347 e. The average Bonchev–Trinajstić information content (AvgIpc) is 2.36. The van der Waals surface area contributed by atoms with E-state index in [2.05, 4.69) is 0 Å². The molecule has 1 aliphatic heterocycles. The first kappa shape index (κ1) is 10.6. The lowest BCUT2D eigenvalue weighted by Crippen LogP contribution is -2.27. The molecule has 2 heterocycles. The van der Waals surface area contributed by atoms with E-state index in [-0.39, 0.29) is 18.5 Å². The lowest BCUT2D eigenvalue weighted by atomic mass is 9.89. The van der Waals surface area contributed by atoms with Gasteiger partial charge in [0.25, 0.3) is 0 Å². The first-order valence-corrected chi connectivity index (χ1v) is 5.93. The second kappa shape index (κ2) is 4.04. The molecule has 1 aromatic rings. The van der Waals surface area contributed by atoms with Crippen LogP contribution in [0.25, 0.3) is 6.08 Å². The van der Waals surface area contributed by atoms with Crippen LogP contribution < -0.4 is 10.4 Å². The van der Waals surface area contributed by atoms with Crippen LogP contribution in [0.15, 0.2) is 20.9 Å². The van der Waals surface area contributed by atoms with Crippen LogP contribution >= 0.6 is 0 Å². The van der Waals surface area contributed by atoms with Crippen molar-refractivity contribution in [3.63, 3.8) is 0 Å². The highest BCUT2D eigenvalue weighted by molar-refractivity contribution is 5.62. The minimum absolute atomic E-state index is 0.101. The first-order valence-electron chi connectivity index (χ1n) is 5.93. The number of hydrogen-bond acceptors (Lipinski definition) is 4. The molecule has 1 fully saturated rings. The molecule has 1 atom stereocenters. The topological polar surface area (TPSA) is 59.7 Å². The fourth-order valence-electron chi connectivity index (χ4n) is 2.48. The average molecular weight is 234 g/mol. The van der Waals surface area contributed by atoms with E-state index < -0.39 is 5.63 Å². The Kier molecular flexibility index (Phi) is 2.52. The molecule has 0 spiro atoms. The predicted octanol–water partition coefficient (Wildman–Crippen LogP) is 1.85. The summed E-state index contributed by atoms with van der Waals surface area (Å²) in [6.07, 6.45) is 6.30. The van der Waals surface area contributed by atoms with Gasteiger partial charge < -0.3 is 14.3 Å². The zero-order chi connectivity index (χ0) is 11.8. The van der Waals surface area contributed by atoms with Gasteiger partial charge in [0, 0.05) is 6.07 Å². The molecule has 2 aliphatic rings. The summed E-state index contributed by atoms with van der Waals surface area (Å²) in [6.45, 7) is -0.285. The molecule has 0 radical (unpaired) electrons. The summed E-state index contributed by atoms with van der Waals surface area (Å²) < 4.78 is 10.8. The Morgan fingerprint density at radius 1 is 1.41 bits per heavy atom. The molecular formula is C13H14O4. The van der Waals surface area contributed by atoms with E-state index in [0.717, 1.165) is 25.7 Å². The van der Waals surface area contributed by atoms with Crippen LogP contribution in [0.4, 0.5) is 0 Å². The molecule has 17 heavy (non-hydrogen) atoms. The van der Waals surface area contributed by atoms with Gasteiger partial charge in [0.05, 0.1) is 0 Å². The zero-order valence-corrected chi connectivity index (χ0v) is 9.44. The van der Waals surface area contributed by atoms with Gasteiger partial charge in [-0.05, 0) is 37.3 Å². The van der Waals surface area contributed by atoms with Crippen molar-refractivity contribution in [2.45, 2.75) is 38.4 Å². The number of rotatable bonds is 1. The van der Waals surface area contributed by atoms with Crippen molar-refractivity contribution in [1.82, 2.24) is 0 Å². The van der Waals surface area contributed by atoms with Crippen molar-refractivity contribution in [2.75, 3.05) is 0 Å². The van der Waals surface area contributed by atoms with E-state index in [1.54, 1.807) is 6.07 Å². The number of fused-ring (bicyclic) bond motifs is 2. The highest BCUT2D eigenvalue weighted by Crippen LogP contribution is 2.35. The number of ether oxygens (including phenoxy) is 1. The SMILES string of the molecule is O=c1oc(CO)cc2c1C=C1CCCCC1O2. The Morgan fingerprint density at radius 3 is 3.12 bits per heavy atom. The zero-order valence-electron chi connectivity index (χ0n) is 9.44. The van der Waals surface area contributed by atoms with Crippen molar-refractivity contribution in [3.8, 4) is 5.75 Å². The predicted molar refractivity (Wildman–Crippen MR) is 61.8 cm³/mol. The molecule has 1 unspecified atom stereocenters. The molecule has 1 N–H and O–H groups in total. The van der Waals surface area contributed by atoms with Gasteiger partial charge in [0.1, 0.15) is 29.8 Å². The normalized spacial score (nSPS) is 22.2. The molecule has 4 heteroatoms. The molecule has 1 saturated carbocycles. The third-order valence-electron chi connectivity index (χ3n) is 3.35. The first-order chi connectivity index (χ1) is 8.28. The number of aliphatic hydroxyl groups is 1. The van der Waals surface area contributed by atoms with Crippen molar-refractivity contribution < 1.29 is 14.3 Å². The lowest BCUT2D eigenvalue weighted by molar-refractivity contribution is 0.192. The van der Waals surface area contributed by atoms with Gasteiger partial charge in [0.2, 0.25) is 0 Å². The Balaban J connectivity index is 2.09. The van der Waals surface area contributed by atoms with E-state index in [9.17, 15) is 4.79 Å². The van der Waals surface area contributed by atoms with Crippen LogP contribution in [0.5, 0.6) is 5.75 Å². The quantitative estimate of drug-likeness (QED) is 0.805. The van der Waals surface area contributed by atoms with Gasteiger partial charge >= 0.3 is 5.63 Å². The highest BCUT2D eigenvalue weighted by atomic mass is 16.5. The summed E-state index contributed by atoms with van der Waals surface area (Å²) >= 11 is 0. The molecule has 0 bridgehead atoms. The van der Waals surface area contributed by atoms with Crippen molar-refractivity contribution in [1.29, 1.82) is 0 Å². The summed E-state index contributed by atoms with van der Waals surface area (Å²) in [7, 11) is 0. The van der Waals surface area contributed by atoms with Crippen LogP contribution in [0.1, 0.15) is 37.0 Å². The van der Waals surface area contributed by atoms with Crippen LogP contribution in [0.2, 0.25) is 0 Å². The molecule has 0 aromatic carbocycles. The molecule has 1 aliphatic carbocycles. The third-order valence-corrected chi connectivity index (χ3v) is 3.35. The van der Waals surface area contributed by atoms with Crippen LogP contribution in [0, 0.1) is 0 Å². The van der Waals surface area contributed by atoms with Gasteiger partial charge in [-0.2, -0.15) is 0 Å². The third kappa shape index (κ3) is 1.78. The fraction of sp³-hybridized carbons (Fsp3) is 0.462. The molecule has 90 valence electrons. The standard InChI is InChI=1S/C13H14O4/c14-7-9-6-12-10(13(15)16-9)5-8-3-1-2-4-11(8)17-12/h5-6,11,14H,1-4,7H2. The summed E-state index contributed by atoms with van der Waals surface area (Å²) in [5, 5.41) is 8.99. The van der Waals surface area contributed by atoms with Crippen molar-refractivity contribution in [3.05, 3.63) is 33.4 Å². The summed E-state index contributed by atoms with van der Waals surface area (Å²) in [4.78, 5) is 11.7. The van der Waals surface area contributed by atoms with Crippen molar-refractivity contribution in [2.24, 2.45) is 0 Å².